The first-order valence-electron chi connectivity index (χ1n) is 15.9. The van der Waals surface area contributed by atoms with Crippen molar-refractivity contribution in [3.8, 4) is 0 Å². The molecule has 51 heavy (non-hydrogen) atoms. The Kier molecular flexibility index (Phi) is 15.9. The minimum Gasteiger partial charge on any atom is -0.613 e. The fraction of sp³-hybridized carbons (Fsp3) is 0.389. The van der Waals surface area contributed by atoms with Gasteiger partial charge >= 0.3 is 29.0 Å². The summed E-state index contributed by atoms with van der Waals surface area (Å²) in [4.78, 5) is 41.4. The maximum Gasteiger partial charge on any atom is 2.00 e. The normalized spacial score (nSPS) is 20.5. The predicted octanol–water partition coefficient (Wildman–Crippen LogP) is 5.51. The third-order valence-corrected chi connectivity index (χ3v) is 8.34. The molecule has 277 valence electrons. The number of halogens is 2. The van der Waals surface area contributed by atoms with Crippen LogP contribution >= 0.6 is 23.2 Å². The predicted molar refractivity (Wildman–Crippen MR) is 190 cm³/mol. The molecule has 0 amide bonds. The van der Waals surface area contributed by atoms with Crippen LogP contribution in [0.5, 0.6) is 0 Å². The van der Waals surface area contributed by atoms with Gasteiger partial charge in [-0.25, -0.2) is 19.6 Å². The molecule has 0 aliphatic carbocycles. The first-order chi connectivity index (χ1) is 23.6. The molecule has 4 aliphatic heterocycles. The zero-order chi connectivity index (χ0) is 37.4. The Hall–Kier alpha value is -4.16. The van der Waals surface area contributed by atoms with E-state index in [4.69, 9.17) is 42.1 Å². The summed E-state index contributed by atoms with van der Waals surface area (Å²) in [6.07, 6.45) is 3.27. The van der Waals surface area contributed by atoms with Gasteiger partial charge in [0.1, 0.15) is 10.3 Å². The molecule has 0 N–H and O–H groups in total. The maximum atomic E-state index is 12.2. The van der Waals surface area contributed by atoms with Crippen LogP contribution in [0.1, 0.15) is 69.2 Å². The van der Waals surface area contributed by atoms with Crippen LogP contribution < -0.4 is 10.2 Å². The van der Waals surface area contributed by atoms with Crippen LogP contribution in [-0.2, 0) is 45.6 Å². The second-order valence-corrected chi connectivity index (χ2v) is 11.6. The van der Waals surface area contributed by atoms with Gasteiger partial charge in [-0.15, -0.1) is 0 Å². The van der Waals surface area contributed by atoms with Gasteiger partial charge in [-0.3, -0.25) is 9.98 Å². The molecular formula is C36H40Cl2CuN4O8. The van der Waals surface area contributed by atoms with E-state index in [-0.39, 0.29) is 53.8 Å². The molecule has 1 radical (unpaired) electrons. The van der Waals surface area contributed by atoms with Gasteiger partial charge < -0.3 is 29.2 Å². The summed E-state index contributed by atoms with van der Waals surface area (Å²) in [7, 11) is 0. The fourth-order valence-corrected chi connectivity index (χ4v) is 5.57. The molecule has 0 aromatic rings. The van der Waals surface area contributed by atoms with Crippen molar-refractivity contribution in [1.82, 2.24) is 0 Å². The third kappa shape index (κ3) is 9.59. The minimum absolute atomic E-state index is 0. The van der Waals surface area contributed by atoms with Gasteiger partial charge in [0.2, 0.25) is 0 Å². The van der Waals surface area contributed by atoms with Crippen molar-refractivity contribution < 1.29 is 55.8 Å². The smallest absolute Gasteiger partial charge is 0.613 e. The summed E-state index contributed by atoms with van der Waals surface area (Å²) >= 11 is 12.2. The van der Waals surface area contributed by atoms with E-state index in [0.717, 1.165) is 0 Å². The van der Waals surface area contributed by atoms with Gasteiger partial charge in [-0.1, -0.05) is 37.0 Å². The van der Waals surface area contributed by atoms with Crippen LogP contribution in [0.3, 0.4) is 0 Å². The van der Waals surface area contributed by atoms with Crippen LogP contribution in [0.25, 0.3) is 0 Å². The number of aliphatic imine (C=N–C) groups is 4. The van der Waals surface area contributed by atoms with Crippen LogP contribution in [0.2, 0.25) is 0 Å². The Labute approximate surface area is 318 Å². The molecule has 15 heteroatoms. The number of hydrogen-bond donors (Lipinski definition) is 0. The van der Waals surface area contributed by atoms with Gasteiger partial charge in [0, 0.05) is 11.1 Å². The number of rotatable bonds is 10. The molecule has 12 nitrogen and oxygen atoms in total. The first-order valence-corrected chi connectivity index (χ1v) is 16.7. The van der Waals surface area contributed by atoms with Crippen LogP contribution in [0.15, 0.2) is 110 Å². The molecule has 4 aliphatic rings. The van der Waals surface area contributed by atoms with Gasteiger partial charge in [0.15, 0.2) is 0 Å². The number of allylic oxidation sites excluding steroid dienone is 8. The number of esters is 2. The van der Waals surface area contributed by atoms with E-state index in [9.17, 15) is 19.8 Å². The van der Waals surface area contributed by atoms with Crippen LogP contribution in [0, 0.1) is 0 Å². The van der Waals surface area contributed by atoms with Gasteiger partial charge in [0.05, 0.1) is 70.5 Å². The van der Waals surface area contributed by atoms with E-state index < -0.39 is 23.8 Å². The van der Waals surface area contributed by atoms with Crippen molar-refractivity contribution in [3.05, 3.63) is 90.3 Å². The number of ether oxygens (including phenoxy) is 4. The second kappa shape index (κ2) is 18.9. The van der Waals surface area contributed by atoms with Crippen molar-refractivity contribution in [1.29, 1.82) is 0 Å². The van der Waals surface area contributed by atoms with E-state index in [1.807, 2.05) is 0 Å². The summed E-state index contributed by atoms with van der Waals surface area (Å²) in [5.74, 6) is -1.81. The van der Waals surface area contributed by atoms with Crippen molar-refractivity contribution in [3.63, 3.8) is 0 Å². The molecular weight excluding hydrogens is 751 g/mol. The summed E-state index contributed by atoms with van der Waals surface area (Å²) in [6.45, 7) is 18.5. The molecule has 0 bridgehead atoms. The Morgan fingerprint density at radius 1 is 0.569 bits per heavy atom. The quantitative estimate of drug-likeness (QED) is 0.121. The second-order valence-electron chi connectivity index (χ2n) is 10.9. The number of carbonyl (C=O) groups is 2. The van der Waals surface area contributed by atoms with E-state index in [1.165, 1.54) is 0 Å². The van der Waals surface area contributed by atoms with Gasteiger partial charge in [0.25, 0.3) is 0 Å². The SMILES string of the molecule is CCOC(=O)C1=C(C)/C(=C/C2=NC(Cl)=C(C)/C2=C(/[O-])OCC)N=C1C.CCOC(=O)C1=C(C)/C(=C/C2=NC(Cl)=C(C)/C2=C(/[O-])OCC)N=C1C.[Cu+2]. The summed E-state index contributed by atoms with van der Waals surface area (Å²) in [6, 6.07) is 0. The summed E-state index contributed by atoms with van der Waals surface area (Å²) in [5.41, 5.74) is 6.88. The molecule has 0 aromatic carbocycles. The summed E-state index contributed by atoms with van der Waals surface area (Å²) in [5, 5.41) is 24.9. The largest absolute Gasteiger partial charge is 2.00 e. The van der Waals surface area contributed by atoms with Crippen molar-refractivity contribution in [2.45, 2.75) is 69.2 Å². The molecule has 4 rings (SSSR count). The average molecular weight is 791 g/mol. The van der Waals surface area contributed by atoms with Crippen LogP contribution in [-0.4, -0.2) is 61.2 Å². The van der Waals surface area contributed by atoms with E-state index in [2.05, 4.69) is 20.0 Å². The molecule has 4 heterocycles. The Morgan fingerprint density at radius 3 is 1.18 bits per heavy atom. The van der Waals surface area contributed by atoms with E-state index in [1.54, 1.807) is 81.4 Å². The molecule has 0 spiro atoms. The topological polar surface area (TPSA) is 167 Å². The van der Waals surface area contributed by atoms with Crippen molar-refractivity contribution in [2.24, 2.45) is 20.0 Å². The molecule has 0 saturated carbocycles. The average Bonchev–Trinajstić information content (AvgIpc) is 3.69. The zero-order valence-electron chi connectivity index (χ0n) is 30.1. The van der Waals surface area contributed by atoms with E-state index >= 15 is 0 Å². The number of nitrogens with zero attached hydrogens (tertiary/aromatic N) is 4. The monoisotopic (exact) mass is 789 g/mol. The molecule has 0 saturated heterocycles. The molecule has 0 aromatic heterocycles. The van der Waals surface area contributed by atoms with E-state index in [0.29, 0.717) is 78.8 Å². The van der Waals surface area contributed by atoms with Gasteiger partial charge in [-0.2, -0.15) is 0 Å². The summed E-state index contributed by atoms with van der Waals surface area (Å²) < 4.78 is 20.3. The van der Waals surface area contributed by atoms with Crippen LogP contribution in [0.4, 0.5) is 0 Å². The van der Waals surface area contributed by atoms with Crippen molar-refractivity contribution >= 4 is 58.0 Å². The Balaban J connectivity index is 0.000000347. The van der Waals surface area contributed by atoms with Gasteiger partial charge in [-0.05, 0) is 103 Å². The number of carbonyl (C=O) groups excluding carboxylic acids is 2. The standard InChI is InChI=1S/2C18H21ClN2O4.Cu/c2*1-6-24-17(22)14-9(3)12(20-11(14)5)8-13-15(18(23)25-7-2)10(4)16(19)21-13;/h2*8,23H,6-7H2,1-5H3;/q;;+2/p-2/b2*12-8-,18-15+;. The zero-order valence-corrected chi connectivity index (χ0v) is 32.5. The van der Waals surface area contributed by atoms with Crippen molar-refractivity contribution in [2.75, 3.05) is 26.4 Å². The maximum absolute atomic E-state index is 12.2. The Morgan fingerprint density at radius 2 is 0.882 bits per heavy atom. The fourth-order valence-electron chi connectivity index (χ4n) is 5.20. The Bertz CT molecular complexity index is 1740. The number of hydrogen-bond acceptors (Lipinski definition) is 12. The third-order valence-electron chi connectivity index (χ3n) is 7.60. The minimum atomic E-state index is -0.489. The first kappa shape index (κ1) is 43.0. The molecule has 0 atom stereocenters. The molecule has 0 fully saturated rings. The molecule has 0 unspecified atom stereocenters.